The van der Waals surface area contributed by atoms with Gasteiger partial charge in [0.2, 0.25) is 0 Å². The van der Waals surface area contributed by atoms with E-state index in [1.165, 1.54) is 0 Å². The standard InChI is InChI=1S/C14H23N3O/c1-11(2)18-13-5-4-8-16-14(13)17(3)12-6-9-15-10-7-12/h4-5,8,11-12,15H,6-7,9-10H2,1-3H3. The van der Waals surface area contributed by atoms with Crippen LogP contribution < -0.4 is 15.0 Å². The number of hydrogen-bond acceptors (Lipinski definition) is 4. The third kappa shape index (κ3) is 3.13. The van der Waals surface area contributed by atoms with Crippen LogP contribution in [0.3, 0.4) is 0 Å². The zero-order chi connectivity index (χ0) is 13.0. The smallest absolute Gasteiger partial charge is 0.171 e. The van der Waals surface area contributed by atoms with Gasteiger partial charge in [0.1, 0.15) is 0 Å². The molecule has 0 saturated carbocycles. The quantitative estimate of drug-likeness (QED) is 0.886. The second-order valence-electron chi connectivity index (χ2n) is 5.08. The number of aromatic nitrogens is 1. The molecule has 4 heteroatoms. The molecule has 2 rings (SSSR count). The van der Waals surface area contributed by atoms with Crippen molar-refractivity contribution in [2.45, 2.75) is 38.8 Å². The molecule has 0 bridgehead atoms. The maximum absolute atomic E-state index is 5.84. The second-order valence-corrected chi connectivity index (χ2v) is 5.08. The first-order chi connectivity index (χ1) is 8.68. The molecule has 1 aliphatic rings. The highest BCUT2D eigenvalue weighted by atomic mass is 16.5. The van der Waals surface area contributed by atoms with E-state index < -0.39 is 0 Å². The average Bonchev–Trinajstić information content (AvgIpc) is 2.39. The van der Waals surface area contributed by atoms with Gasteiger partial charge in [-0.05, 0) is 51.9 Å². The van der Waals surface area contributed by atoms with E-state index in [2.05, 4.69) is 22.2 Å². The van der Waals surface area contributed by atoms with Gasteiger partial charge in [-0.1, -0.05) is 0 Å². The SMILES string of the molecule is CC(C)Oc1cccnc1N(C)C1CCNCC1. The van der Waals surface area contributed by atoms with Gasteiger partial charge < -0.3 is 15.0 Å². The Morgan fingerprint density at radius 3 is 2.78 bits per heavy atom. The van der Waals surface area contributed by atoms with Gasteiger partial charge in [-0.15, -0.1) is 0 Å². The summed E-state index contributed by atoms with van der Waals surface area (Å²) in [6.07, 6.45) is 4.33. The van der Waals surface area contributed by atoms with Gasteiger partial charge in [0.15, 0.2) is 11.6 Å². The minimum atomic E-state index is 0.175. The summed E-state index contributed by atoms with van der Waals surface area (Å²) in [7, 11) is 2.12. The minimum Gasteiger partial charge on any atom is -0.487 e. The number of anilines is 1. The van der Waals surface area contributed by atoms with E-state index in [0.717, 1.165) is 37.5 Å². The summed E-state index contributed by atoms with van der Waals surface area (Å²) in [5.41, 5.74) is 0. The minimum absolute atomic E-state index is 0.175. The molecule has 0 aliphatic carbocycles. The van der Waals surface area contributed by atoms with E-state index in [-0.39, 0.29) is 6.10 Å². The van der Waals surface area contributed by atoms with Crippen molar-refractivity contribution in [3.05, 3.63) is 18.3 Å². The predicted molar refractivity (Wildman–Crippen MR) is 74.3 cm³/mol. The molecule has 0 unspecified atom stereocenters. The van der Waals surface area contributed by atoms with E-state index >= 15 is 0 Å². The topological polar surface area (TPSA) is 37.4 Å². The van der Waals surface area contributed by atoms with Crippen LogP contribution in [0.4, 0.5) is 5.82 Å². The van der Waals surface area contributed by atoms with E-state index in [1.54, 1.807) is 0 Å². The summed E-state index contributed by atoms with van der Waals surface area (Å²) < 4.78 is 5.84. The molecular formula is C14H23N3O. The number of pyridine rings is 1. The van der Waals surface area contributed by atoms with Gasteiger partial charge in [0, 0.05) is 19.3 Å². The third-order valence-electron chi connectivity index (χ3n) is 3.30. The van der Waals surface area contributed by atoms with Crippen LogP contribution >= 0.6 is 0 Å². The van der Waals surface area contributed by atoms with Crippen LogP contribution in [0.5, 0.6) is 5.75 Å². The van der Waals surface area contributed by atoms with Gasteiger partial charge in [-0.25, -0.2) is 4.98 Å². The summed E-state index contributed by atoms with van der Waals surface area (Å²) >= 11 is 0. The Kier molecular flexibility index (Phi) is 4.42. The third-order valence-corrected chi connectivity index (χ3v) is 3.30. The highest BCUT2D eigenvalue weighted by molar-refractivity contribution is 5.52. The number of ether oxygens (including phenoxy) is 1. The number of rotatable bonds is 4. The van der Waals surface area contributed by atoms with Gasteiger partial charge >= 0.3 is 0 Å². The van der Waals surface area contributed by atoms with Crippen LogP contribution in [0.15, 0.2) is 18.3 Å². The lowest BCUT2D eigenvalue weighted by atomic mass is 10.1. The van der Waals surface area contributed by atoms with E-state index in [1.807, 2.05) is 32.2 Å². The Hall–Kier alpha value is -1.29. The van der Waals surface area contributed by atoms with Crippen molar-refractivity contribution < 1.29 is 4.74 Å². The molecule has 1 aliphatic heterocycles. The zero-order valence-electron chi connectivity index (χ0n) is 11.5. The molecule has 18 heavy (non-hydrogen) atoms. The fraction of sp³-hybridized carbons (Fsp3) is 0.643. The molecule has 1 N–H and O–H groups in total. The molecule has 0 atom stereocenters. The number of piperidine rings is 1. The van der Waals surface area contributed by atoms with Gasteiger partial charge in [0.25, 0.3) is 0 Å². The van der Waals surface area contributed by atoms with Crippen molar-refractivity contribution >= 4 is 5.82 Å². The monoisotopic (exact) mass is 249 g/mol. The van der Waals surface area contributed by atoms with Crippen molar-refractivity contribution in [3.63, 3.8) is 0 Å². The molecule has 0 spiro atoms. The average molecular weight is 249 g/mol. The Morgan fingerprint density at radius 2 is 2.11 bits per heavy atom. The van der Waals surface area contributed by atoms with Crippen LogP contribution in [-0.4, -0.2) is 37.3 Å². The molecule has 100 valence electrons. The predicted octanol–water partition coefficient (Wildman–Crippen LogP) is 2.06. The Morgan fingerprint density at radius 1 is 1.39 bits per heavy atom. The van der Waals surface area contributed by atoms with E-state index in [4.69, 9.17) is 4.74 Å². The summed E-state index contributed by atoms with van der Waals surface area (Å²) in [6, 6.07) is 4.48. The maximum atomic E-state index is 5.84. The number of nitrogens with zero attached hydrogens (tertiary/aromatic N) is 2. The van der Waals surface area contributed by atoms with Crippen LogP contribution in [0, 0.1) is 0 Å². The molecule has 2 heterocycles. The summed E-state index contributed by atoms with van der Waals surface area (Å²) in [4.78, 5) is 6.75. The molecular weight excluding hydrogens is 226 g/mol. The highest BCUT2D eigenvalue weighted by Crippen LogP contribution is 2.28. The molecule has 1 saturated heterocycles. The van der Waals surface area contributed by atoms with E-state index in [0.29, 0.717) is 6.04 Å². The summed E-state index contributed by atoms with van der Waals surface area (Å²) in [5.74, 6) is 1.84. The molecule has 0 radical (unpaired) electrons. The molecule has 1 aromatic heterocycles. The first kappa shape index (κ1) is 13.1. The van der Waals surface area contributed by atoms with Crippen LogP contribution in [0.1, 0.15) is 26.7 Å². The van der Waals surface area contributed by atoms with Crippen molar-refractivity contribution in [1.82, 2.24) is 10.3 Å². The lowest BCUT2D eigenvalue weighted by Crippen LogP contribution is -2.41. The Labute approximate surface area is 109 Å². The van der Waals surface area contributed by atoms with Crippen molar-refractivity contribution in [3.8, 4) is 5.75 Å². The highest BCUT2D eigenvalue weighted by Gasteiger charge is 2.21. The van der Waals surface area contributed by atoms with Gasteiger partial charge in [0.05, 0.1) is 6.10 Å². The van der Waals surface area contributed by atoms with Crippen LogP contribution in [0.2, 0.25) is 0 Å². The van der Waals surface area contributed by atoms with Crippen molar-refractivity contribution in [2.75, 3.05) is 25.0 Å². The summed E-state index contributed by atoms with van der Waals surface area (Å²) in [6.45, 7) is 6.26. The molecule has 0 amide bonds. The van der Waals surface area contributed by atoms with Crippen molar-refractivity contribution in [2.24, 2.45) is 0 Å². The maximum Gasteiger partial charge on any atom is 0.171 e. The fourth-order valence-corrected chi connectivity index (χ4v) is 2.36. The zero-order valence-corrected chi connectivity index (χ0v) is 11.5. The molecule has 1 fully saturated rings. The molecule has 1 aromatic rings. The van der Waals surface area contributed by atoms with Gasteiger partial charge in [-0.2, -0.15) is 0 Å². The normalized spacial score (nSPS) is 16.9. The van der Waals surface area contributed by atoms with Crippen LogP contribution in [0.25, 0.3) is 0 Å². The van der Waals surface area contributed by atoms with Crippen molar-refractivity contribution in [1.29, 1.82) is 0 Å². The first-order valence-electron chi connectivity index (χ1n) is 6.73. The number of nitrogens with one attached hydrogen (secondary N) is 1. The number of hydrogen-bond donors (Lipinski definition) is 1. The lowest BCUT2D eigenvalue weighted by molar-refractivity contribution is 0.241. The largest absolute Gasteiger partial charge is 0.487 e. The molecule has 4 nitrogen and oxygen atoms in total. The summed E-state index contributed by atoms with van der Waals surface area (Å²) in [5, 5.41) is 3.39. The second kappa shape index (κ2) is 6.05. The Balaban J connectivity index is 2.15. The Bertz CT molecular complexity index is 375. The fourth-order valence-electron chi connectivity index (χ4n) is 2.36. The van der Waals surface area contributed by atoms with Crippen LogP contribution in [-0.2, 0) is 0 Å². The molecule has 0 aromatic carbocycles. The lowest BCUT2D eigenvalue weighted by Gasteiger charge is -2.33. The first-order valence-corrected chi connectivity index (χ1v) is 6.73. The van der Waals surface area contributed by atoms with E-state index in [9.17, 15) is 0 Å². The van der Waals surface area contributed by atoms with Gasteiger partial charge in [-0.3, -0.25) is 0 Å².